The first-order valence-electron chi connectivity index (χ1n) is 9.61. The van der Waals surface area contributed by atoms with Crippen molar-refractivity contribution in [2.75, 3.05) is 6.54 Å². The molecular formula is C18H25N3O5. The Morgan fingerprint density at radius 2 is 1.81 bits per heavy atom. The van der Waals surface area contributed by atoms with Crippen LogP contribution in [-0.2, 0) is 14.4 Å². The lowest BCUT2D eigenvalue weighted by Crippen LogP contribution is -2.51. The van der Waals surface area contributed by atoms with Crippen molar-refractivity contribution in [3.63, 3.8) is 0 Å². The van der Waals surface area contributed by atoms with Gasteiger partial charge in [0.2, 0.25) is 5.91 Å². The van der Waals surface area contributed by atoms with Gasteiger partial charge in [-0.25, -0.2) is 9.59 Å². The molecule has 0 aromatic carbocycles. The molecule has 4 fully saturated rings. The van der Waals surface area contributed by atoms with Crippen LogP contribution in [0.3, 0.4) is 0 Å². The van der Waals surface area contributed by atoms with E-state index in [-0.39, 0.29) is 24.4 Å². The Labute approximate surface area is 151 Å². The van der Waals surface area contributed by atoms with E-state index in [4.69, 9.17) is 0 Å². The number of carboxylic acid groups (broad SMARTS) is 1. The molecule has 2 aliphatic carbocycles. The van der Waals surface area contributed by atoms with Gasteiger partial charge in [0.25, 0.3) is 5.91 Å². The molecule has 4 rings (SSSR count). The molecule has 26 heavy (non-hydrogen) atoms. The van der Waals surface area contributed by atoms with Gasteiger partial charge in [0, 0.05) is 6.04 Å². The van der Waals surface area contributed by atoms with Crippen molar-refractivity contribution in [1.82, 2.24) is 15.1 Å². The number of carbonyl (C=O) groups excluding carboxylic acids is 3. The van der Waals surface area contributed by atoms with E-state index in [0.29, 0.717) is 19.3 Å². The maximum atomic E-state index is 13.0. The van der Waals surface area contributed by atoms with E-state index in [9.17, 15) is 24.3 Å². The monoisotopic (exact) mass is 363 g/mol. The Bertz CT molecular complexity index is 657. The van der Waals surface area contributed by atoms with Gasteiger partial charge < -0.3 is 15.3 Å². The Kier molecular flexibility index (Phi) is 4.16. The van der Waals surface area contributed by atoms with Gasteiger partial charge in [-0.1, -0.05) is 25.7 Å². The van der Waals surface area contributed by atoms with E-state index in [2.05, 4.69) is 5.32 Å². The highest BCUT2D eigenvalue weighted by Gasteiger charge is 2.54. The van der Waals surface area contributed by atoms with Crippen molar-refractivity contribution in [1.29, 1.82) is 0 Å². The van der Waals surface area contributed by atoms with Gasteiger partial charge in [0.1, 0.15) is 18.1 Å². The summed E-state index contributed by atoms with van der Waals surface area (Å²) in [7, 11) is 0. The molecule has 4 amide bonds. The fraction of sp³-hybridized carbons (Fsp3) is 0.778. The quantitative estimate of drug-likeness (QED) is 0.730. The van der Waals surface area contributed by atoms with E-state index in [0.717, 1.165) is 43.4 Å². The number of fused-ring (bicyclic) bond motifs is 1. The van der Waals surface area contributed by atoms with Gasteiger partial charge in [0.05, 0.1) is 0 Å². The standard InChI is InChI=1S/C18H25N3O5/c22-14(10-20-16(25)18(19-17(20)26)7-3-4-8-18)21-12-6-2-1-5-11(12)9-13(21)15(23)24/h11-13H,1-10H2,(H,19,26)(H,23,24)/t11-,12+,13+/m1/s1. The largest absolute Gasteiger partial charge is 0.480 e. The number of likely N-dealkylation sites (tertiary alicyclic amines) is 1. The summed E-state index contributed by atoms with van der Waals surface area (Å²) in [6.07, 6.45) is 7.21. The summed E-state index contributed by atoms with van der Waals surface area (Å²) in [4.78, 5) is 52.1. The Morgan fingerprint density at radius 1 is 1.12 bits per heavy atom. The highest BCUT2D eigenvalue weighted by Crippen LogP contribution is 2.40. The molecule has 0 unspecified atom stereocenters. The third kappa shape index (κ3) is 2.57. The molecule has 8 heteroatoms. The lowest BCUT2D eigenvalue weighted by molar-refractivity contribution is -0.150. The van der Waals surface area contributed by atoms with Crippen molar-refractivity contribution in [2.24, 2.45) is 5.92 Å². The van der Waals surface area contributed by atoms with Crippen LogP contribution in [0, 0.1) is 5.92 Å². The van der Waals surface area contributed by atoms with Crippen LogP contribution in [0.4, 0.5) is 4.79 Å². The summed E-state index contributed by atoms with van der Waals surface area (Å²) >= 11 is 0. The smallest absolute Gasteiger partial charge is 0.326 e. The fourth-order valence-electron chi connectivity index (χ4n) is 5.39. The topological polar surface area (TPSA) is 107 Å². The van der Waals surface area contributed by atoms with E-state index < -0.39 is 29.5 Å². The number of imide groups is 1. The number of aliphatic carboxylic acids is 1. The first-order valence-corrected chi connectivity index (χ1v) is 9.61. The minimum Gasteiger partial charge on any atom is -0.480 e. The first-order chi connectivity index (χ1) is 12.4. The predicted molar refractivity (Wildman–Crippen MR) is 90.1 cm³/mol. The number of amides is 4. The Hall–Kier alpha value is -2.12. The predicted octanol–water partition coefficient (Wildman–Crippen LogP) is 1.10. The number of nitrogens with zero attached hydrogens (tertiary/aromatic N) is 2. The van der Waals surface area contributed by atoms with E-state index in [1.54, 1.807) is 0 Å². The zero-order valence-electron chi connectivity index (χ0n) is 14.8. The van der Waals surface area contributed by atoms with Gasteiger partial charge in [-0.3, -0.25) is 14.5 Å². The second-order valence-electron chi connectivity index (χ2n) is 8.11. The molecule has 0 aromatic heterocycles. The maximum absolute atomic E-state index is 13.0. The van der Waals surface area contributed by atoms with Crippen LogP contribution in [0.1, 0.15) is 57.8 Å². The lowest BCUT2D eigenvalue weighted by atomic mass is 9.85. The van der Waals surface area contributed by atoms with Gasteiger partial charge in [0.15, 0.2) is 0 Å². The highest BCUT2D eigenvalue weighted by molar-refractivity contribution is 6.09. The number of carboxylic acids is 1. The first kappa shape index (κ1) is 17.3. The maximum Gasteiger partial charge on any atom is 0.326 e. The van der Waals surface area contributed by atoms with Crippen LogP contribution in [0.25, 0.3) is 0 Å². The number of rotatable bonds is 3. The third-order valence-electron chi connectivity index (χ3n) is 6.66. The van der Waals surface area contributed by atoms with Crippen molar-refractivity contribution >= 4 is 23.8 Å². The number of urea groups is 1. The molecule has 2 saturated carbocycles. The van der Waals surface area contributed by atoms with Crippen molar-refractivity contribution < 1.29 is 24.3 Å². The second kappa shape index (κ2) is 6.25. The minimum absolute atomic E-state index is 0.0847. The van der Waals surface area contributed by atoms with E-state index in [1.807, 2.05) is 0 Å². The number of hydrogen-bond acceptors (Lipinski definition) is 4. The molecule has 4 aliphatic rings. The van der Waals surface area contributed by atoms with Crippen LogP contribution in [-0.4, -0.2) is 62.9 Å². The molecule has 2 heterocycles. The zero-order valence-corrected chi connectivity index (χ0v) is 14.8. The summed E-state index contributed by atoms with van der Waals surface area (Å²) in [5, 5.41) is 12.3. The van der Waals surface area contributed by atoms with Crippen molar-refractivity contribution in [3.8, 4) is 0 Å². The summed E-state index contributed by atoms with van der Waals surface area (Å²) in [5.74, 6) is -1.56. The van der Waals surface area contributed by atoms with Crippen LogP contribution in [0.15, 0.2) is 0 Å². The molecule has 2 N–H and O–H groups in total. The van der Waals surface area contributed by atoms with Crippen molar-refractivity contribution in [3.05, 3.63) is 0 Å². The van der Waals surface area contributed by atoms with E-state index >= 15 is 0 Å². The number of hydrogen-bond donors (Lipinski definition) is 2. The summed E-state index contributed by atoms with van der Waals surface area (Å²) in [5.41, 5.74) is -0.845. The van der Waals surface area contributed by atoms with E-state index in [1.165, 1.54) is 4.90 Å². The molecule has 3 atom stereocenters. The molecule has 0 aromatic rings. The zero-order chi connectivity index (χ0) is 18.5. The van der Waals surface area contributed by atoms with Crippen LogP contribution in [0.5, 0.6) is 0 Å². The van der Waals surface area contributed by atoms with Crippen molar-refractivity contribution in [2.45, 2.75) is 75.4 Å². The number of nitrogens with one attached hydrogen (secondary N) is 1. The van der Waals surface area contributed by atoms with Gasteiger partial charge in [-0.2, -0.15) is 0 Å². The average Bonchev–Trinajstić information content (AvgIpc) is 3.28. The lowest BCUT2D eigenvalue weighted by Gasteiger charge is -2.33. The van der Waals surface area contributed by atoms with Crippen LogP contribution < -0.4 is 5.32 Å². The molecule has 1 spiro atoms. The van der Waals surface area contributed by atoms with Crippen LogP contribution in [0.2, 0.25) is 0 Å². The Balaban J connectivity index is 1.52. The average molecular weight is 363 g/mol. The Morgan fingerprint density at radius 3 is 2.50 bits per heavy atom. The minimum atomic E-state index is -1.00. The second-order valence-corrected chi connectivity index (χ2v) is 8.11. The summed E-state index contributed by atoms with van der Waals surface area (Å²) in [6, 6.07) is -1.47. The summed E-state index contributed by atoms with van der Waals surface area (Å²) in [6.45, 7) is -0.362. The molecule has 2 saturated heterocycles. The molecule has 142 valence electrons. The normalized spacial score (nSPS) is 32.8. The number of carbonyl (C=O) groups is 4. The highest BCUT2D eigenvalue weighted by atomic mass is 16.4. The fourth-order valence-corrected chi connectivity index (χ4v) is 5.39. The molecule has 0 bridgehead atoms. The SMILES string of the molecule is O=C(O)[C@@H]1C[C@H]2CCCC[C@@H]2N1C(=O)CN1C(=O)NC2(CCCC2)C1=O. The van der Waals surface area contributed by atoms with Crippen LogP contribution >= 0.6 is 0 Å². The third-order valence-corrected chi connectivity index (χ3v) is 6.66. The van der Waals surface area contributed by atoms with Gasteiger partial charge in [-0.15, -0.1) is 0 Å². The van der Waals surface area contributed by atoms with Gasteiger partial charge >= 0.3 is 12.0 Å². The molecule has 2 aliphatic heterocycles. The molecule has 0 radical (unpaired) electrons. The molecular weight excluding hydrogens is 338 g/mol. The summed E-state index contributed by atoms with van der Waals surface area (Å²) < 4.78 is 0. The molecule has 8 nitrogen and oxygen atoms in total. The van der Waals surface area contributed by atoms with Gasteiger partial charge in [-0.05, 0) is 38.0 Å².